The van der Waals surface area contributed by atoms with Crippen LogP contribution in [0.3, 0.4) is 0 Å². The van der Waals surface area contributed by atoms with Gasteiger partial charge in [-0.1, -0.05) is 30.3 Å². The Balaban J connectivity index is 1.83. The third kappa shape index (κ3) is 2.66. The van der Waals surface area contributed by atoms with Gasteiger partial charge in [0.1, 0.15) is 11.7 Å². The molecule has 1 fully saturated rings. The Morgan fingerprint density at radius 3 is 2.59 bits per heavy atom. The molecule has 1 amide bonds. The van der Waals surface area contributed by atoms with E-state index < -0.39 is 41.7 Å². The first-order valence-electron chi connectivity index (χ1n) is 8.48. The highest BCUT2D eigenvalue weighted by Gasteiger charge is 2.51. The lowest BCUT2D eigenvalue weighted by Gasteiger charge is -2.44. The second-order valence-electron chi connectivity index (χ2n) is 6.45. The Hall–Kier alpha value is -3.22. The molecule has 0 aliphatic carbocycles. The van der Waals surface area contributed by atoms with Gasteiger partial charge in [-0.05, 0) is 23.8 Å². The molecule has 7 heteroatoms. The maximum Gasteiger partial charge on any atom is 0.342 e. The van der Waals surface area contributed by atoms with Crippen molar-refractivity contribution in [2.75, 3.05) is 12.0 Å². The van der Waals surface area contributed by atoms with Gasteiger partial charge in [0.25, 0.3) is 0 Å². The smallest absolute Gasteiger partial charge is 0.342 e. The van der Waals surface area contributed by atoms with Gasteiger partial charge < -0.3 is 9.47 Å². The highest BCUT2D eigenvalue weighted by molar-refractivity contribution is 6.12. The van der Waals surface area contributed by atoms with E-state index in [1.807, 2.05) is 0 Å². The molecule has 0 unspecified atom stereocenters. The highest BCUT2D eigenvalue weighted by atomic mass is 19.1. The van der Waals surface area contributed by atoms with E-state index in [0.717, 1.165) is 0 Å². The van der Waals surface area contributed by atoms with Crippen LogP contribution in [0, 0.1) is 11.7 Å². The zero-order valence-electron chi connectivity index (χ0n) is 14.4. The Bertz CT molecular complexity index is 943. The van der Waals surface area contributed by atoms with E-state index >= 15 is 0 Å². The Morgan fingerprint density at radius 1 is 1.15 bits per heavy atom. The summed E-state index contributed by atoms with van der Waals surface area (Å²) in [6.07, 6.45) is -0.822. The van der Waals surface area contributed by atoms with Crippen LogP contribution in [0.1, 0.15) is 28.3 Å². The average Bonchev–Trinajstić information content (AvgIpc) is 2.67. The fourth-order valence-corrected chi connectivity index (χ4v) is 3.81. The van der Waals surface area contributed by atoms with Gasteiger partial charge in [0.2, 0.25) is 5.91 Å². The lowest BCUT2D eigenvalue weighted by Crippen LogP contribution is -2.57. The van der Waals surface area contributed by atoms with Crippen LogP contribution in [0.15, 0.2) is 48.5 Å². The Labute approximate surface area is 154 Å². The molecule has 6 nitrogen and oxygen atoms in total. The number of ether oxygens (including phenoxy) is 2. The number of hydrogen-bond acceptors (Lipinski definition) is 5. The summed E-state index contributed by atoms with van der Waals surface area (Å²) in [5.74, 6) is -4.44. The number of hydrogen-bond donors (Lipinski definition) is 0. The Kier molecular flexibility index (Phi) is 4.14. The molecule has 2 aromatic carbocycles. The second-order valence-corrected chi connectivity index (χ2v) is 6.45. The number of halogens is 1. The standard InChI is InChI=1S/C20H16FNO5/c1-26-20(25)17-13(11-6-2-4-8-14(11)21)10-16-22(18(17)23)15-9-5-3-7-12(15)19(24)27-16/h2-9,13,16-17H,10H2,1H3/t13-,16+,17-/m1/s1. The summed E-state index contributed by atoms with van der Waals surface area (Å²) in [5.41, 5.74) is 0.843. The summed E-state index contributed by atoms with van der Waals surface area (Å²) in [7, 11) is 1.18. The monoisotopic (exact) mass is 369 g/mol. The van der Waals surface area contributed by atoms with Gasteiger partial charge in [0.15, 0.2) is 6.23 Å². The number of nitrogens with zero attached hydrogens (tertiary/aromatic N) is 1. The number of fused-ring (bicyclic) bond motifs is 3. The number of benzene rings is 2. The van der Waals surface area contributed by atoms with Crippen LogP contribution in [0.4, 0.5) is 10.1 Å². The summed E-state index contributed by atoms with van der Waals surface area (Å²) >= 11 is 0. The zero-order valence-corrected chi connectivity index (χ0v) is 14.4. The lowest BCUT2D eigenvalue weighted by atomic mass is 9.78. The van der Waals surface area contributed by atoms with Gasteiger partial charge in [0, 0.05) is 12.3 Å². The number of piperidine rings is 1. The molecule has 0 N–H and O–H groups in total. The summed E-state index contributed by atoms with van der Waals surface area (Å²) in [6, 6.07) is 12.5. The summed E-state index contributed by atoms with van der Waals surface area (Å²) in [6.45, 7) is 0. The number of methoxy groups -OCH3 is 1. The van der Waals surface area contributed by atoms with Gasteiger partial charge in [-0.25, -0.2) is 9.18 Å². The SMILES string of the molecule is COC(=O)[C@H]1C(=O)N2c3ccccc3C(=O)O[C@H]2C[C@@H]1c1ccccc1F. The molecule has 2 aromatic rings. The van der Waals surface area contributed by atoms with E-state index in [1.165, 1.54) is 30.2 Å². The first kappa shape index (κ1) is 17.2. The van der Waals surface area contributed by atoms with Crippen molar-refractivity contribution in [2.45, 2.75) is 18.6 Å². The largest absolute Gasteiger partial charge is 0.468 e. The van der Waals surface area contributed by atoms with Crippen molar-refractivity contribution in [1.29, 1.82) is 0 Å². The molecule has 2 aliphatic heterocycles. The number of anilines is 1. The van der Waals surface area contributed by atoms with Crippen LogP contribution < -0.4 is 4.90 Å². The molecule has 27 heavy (non-hydrogen) atoms. The molecule has 0 aromatic heterocycles. The van der Waals surface area contributed by atoms with Crippen LogP contribution in [0.2, 0.25) is 0 Å². The fraction of sp³-hybridized carbons (Fsp3) is 0.250. The van der Waals surface area contributed by atoms with Gasteiger partial charge >= 0.3 is 11.9 Å². The topological polar surface area (TPSA) is 72.9 Å². The predicted molar refractivity (Wildman–Crippen MR) is 92.4 cm³/mol. The number of carbonyl (C=O) groups excluding carboxylic acids is 3. The normalized spacial score (nSPS) is 23.9. The first-order valence-corrected chi connectivity index (χ1v) is 8.48. The fourth-order valence-electron chi connectivity index (χ4n) is 3.81. The van der Waals surface area contributed by atoms with Crippen molar-refractivity contribution in [1.82, 2.24) is 0 Å². The number of carbonyl (C=O) groups is 3. The summed E-state index contributed by atoms with van der Waals surface area (Å²) in [5, 5.41) is 0. The first-order chi connectivity index (χ1) is 13.0. The molecule has 2 heterocycles. The number of para-hydroxylation sites is 1. The molecule has 0 spiro atoms. The predicted octanol–water partition coefficient (Wildman–Crippen LogP) is 2.63. The van der Waals surface area contributed by atoms with Crippen LogP contribution in [0.25, 0.3) is 0 Å². The van der Waals surface area contributed by atoms with Crippen LogP contribution in [0.5, 0.6) is 0 Å². The van der Waals surface area contributed by atoms with Gasteiger partial charge in [-0.15, -0.1) is 0 Å². The quantitative estimate of drug-likeness (QED) is 0.601. The van der Waals surface area contributed by atoms with Gasteiger partial charge in [0.05, 0.1) is 18.4 Å². The second kappa shape index (κ2) is 6.50. The highest BCUT2D eigenvalue weighted by Crippen LogP contribution is 2.43. The van der Waals surface area contributed by atoms with Crippen molar-refractivity contribution >= 4 is 23.5 Å². The summed E-state index contributed by atoms with van der Waals surface area (Å²) < 4.78 is 24.7. The Morgan fingerprint density at radius 2 is 1.85 bits per heavy atom. The number of esters is 2. The lowest BCUT2D eigenvalue weighted by molar-refractivity contribution is -0.153. The molecular formula is C20H16FNO5. The third-order valence-corrected chi connectivity index (χ3v) is 5.04. The van der Waals surface area contributed by atoms with E-state index in [-0.39, 0.29) is 17.5 Å². The van der Waals surface area contributed by atoms with Crippen LogP contribution in [-0.2, 0) is 19.1 Å². The van der Waals surface area contributed by atoms with Gasteiger partial charge in [-0.3, -0.25) is 14.5 Å². The zero-order chi connectivity index (χ0) is 19.1. The molecular weight excluding hydrogens is 353 g/mol. The number of rotatable bonds is 2. The summed E-state index contributed by atoms with van der Waals surface area (Å²) in [4.78, 5) is 39.3. The van der Waals surface area contributed by atoms with Crippen molar-refractivity contribution in [3.63, 3.8) is 0 Å². The van der Waals surface area contributed by atoms with Gasteiger partial charge in [-0.2, -0.15) is 0 Å². The van der Waals surface area contributed by atoms with E-state index in [2.05, 4.69) is 0 Å². The molecule has 3 atom stereocenters. The van der Waals surface area contributed by atoms with Crippen molar-refractivity contribution in [3.05, 3.63) is 65.5 Å². The molecule has 138 valence electrons. The molecule has 0 radical (unpaired) electrons. The van der Waals surface area contributed by atoms with E-state index in [4.69, 9.17) is 9.47 Å². The van der Waals surface area contributed by atoms with E-state index in [1.54, 1.807) is 30.3 Å². The average molecular weight is 369 g/mol. The molecule has 4 rings (SSSR count). The maximum atomic E-state index is 14.4. The van der Waals surface area contributed by atoms with Crippen LogP contribution in [-0.4, -0.2) is 31.2 Å². The number of amides is 1. The van der Waals surface area contributed by atoms with Crippen LogP contribution >= 0.6 is 0 Å². The minimum atomic E-state index is -1.23. The van der Waals surface area contributed by atoms with Crippen molar-refractivity contribution in [3.8, 4) is 0 Å². The molecule has 0 saturated carbocycles. The maximum absolute atomic E-state index is 14.4. The molecule has 1 saturated heterocycles. The van der Waals surface area contributed by atoms with Crippen molar-refractivity contribution in [2.24, 2.45) is 5.92 Å². The van der Waals surface area contributed by atoms with E-state index in [0.29, 0.717) is 5.69 Å². The molecule has 0 bridgehead atoms. The minimum Gasteiger partial charge on any atom is -0.468 e. The minimum absolute atomic E-state index is 0.0898. The third-order valence-electron chi connectivity index (χ3n) is 5.04. The van der Waals surface area contributed by atoms with Crippen molar-refractivity contribution < 1.29 is 28.2 Å². The van der Waals surface area contributed by atoms with E-state index in [9.17, 15) is 18.8 Å². The molecule has 2 aliphatic rings.